The molecule has 1 unspecified atom stereocenters. The molecule has 0 radical (unpaired) electrons. The predicted octanol–water partition coefficient (Wildman–Crippen LogP) is 4.03. The SMILES string of the molecule is O=S([O-])N1CCN(c2cnc(-c3ccc(Cl)cc3)c(-c3ccc(Cl)cc3)n2)CC1. The molecular formula is C20H17Cl2N4O2S-. The standard InChI is InChI=1S/C20H18Cl2N4O2S/c21-16-5-1-14(2-6-16)19-20(15-3-7-17(22)8-4-15)24-18(13-23-19)25-9-11-26(12-10-25)29(27)28/h1-8,13H,9-12H2,(H,27,28)/p-1. The first-order valence-corrected chi connectivity index (χ1v) is 10.8. The molecule has 0 N–H and O–H groups in total. The molecule has 1 aromatic heterocycles. The van der Waals surface area contributed by atoms with Crippen LogP contribution in [0, 0.1) is 0 Å². The molecule has 4 rings (SSSR count). The largest absolute Gasteiger partial charge is 0.760 e. The molecule has 0 spiro atoms. The van der Waals surface area contributed by atoms with Gasteiger partial charge in [0.1, 0.15) is 5.82 Å². The molecule has 0 saturated carbocycles. The van der Waals surface area contributed by atoms with Crippen LogP contribution in [0.4, 0.5) is 5.82 Å². The van der Waals surface area contributed by atoms with E-state index in [4.69, 9.17) is 33.2 Å². The average Bonchev–Trinajstić information content (AvgIpc) is 2.75. The third kappa shape index (κ3) is 4.60. The highest BCUT2D eigenvalue weighted by Crippen LogP contribution is 2.32. The van der Waals surface area contributed by atoms with Gasteiger partial charge in [-0.2, -0.15) is 0 Å². The van der Waals surface area contributed by atoms with Gasteiger partial charge in [0.15, 0.2) is 0 Å². The lowest BCUT2D eigenvalue weighted by molar-refractivity contribution is 0.365. The van der Waals surface area contributed by atoms with Crippen molar-refractivity contribution in [3.63, 3.8) is 0 Å². The minimum atomic E-state index is -2.19. The van der Waals surface area contributed by atoms with Crippen molar-refractivity contribution in [3.8, 4) is 22.5 Å². The molecule has 2 aromatic carbocycles. The highest BCUT2D eigenvalue weighted by molar-refractivity contribution is 7.76. The Morgan fingerprint density at radius 1 is 0.828 bits per heavy atom. The van der Waals surface area contributed by atoms with Gasteiger partial charge in [0, 0.05) is 58.6 Å². The molecule has 1 aliphatic heterocycles. The van der Waals surface area contributed by atoms with Crippen LogP contribution in [0.2, 0.25) is 10.0 Å². The first kappa shape index (κ1) is 20.3. The van der Waals surface area contributed by atoms with E-state index in [0.29, 0.717) is 42.0 Å². The quantitative estimate of drug-likeness (QED) is 0.564. The number of hydrogen-bond donors (Lipinski definition) is 0. The summed E-state index contributed by atoms with van der Waals surface area (Å²) in [6.07, 6.45) is 1.73. The van der Waals surface area contributed by atoms with Gasteiger partial charge in [-0.25, -0.2) is 9.29 Å². The summed E-state index contributed by atoms with van der Waals surface area (Å²) in [6.45, 7) is 1.96. The zero-order chi connectivity index (χ0) is 20.4. The topological polar surface area (TPSA) is 72.4 Å². The molecule has 29 heavy (non-hydrogen) atoms. The van der Waals surface area contributed by atoms with Crippen molar-refractivity contribution >= 4 is 40.3 Å². The van der Waals surface area contributed by atoms with Crippen LogP contribution in [0.1, 0.15) is 0 Å². The van der Waals surface area contributed by atoms with Gasteiger partial charge in [-0.3, -0.25) is 9.19 Å². The summed E-state index contributed by atoms with van der Waals surface area (Å²) < 4.78 is 23.7. The van der Waals surface area contributed by atoms with E-state index in [1.165, 1.54) is 4.31 Å². The van der Waals surface area contributed by atoms with E-state index in [1.807, 2.05) is 53.4 Å². The number of halogens is 2. The average molecular weight is 448 g/mol. The van der Waals surface area contributed by atoms with Crippen LogP contribution in [0.5, 0.6) is 0 Å². The minimum absolute atomic E-state index is 0.424. The van der Waals surface area contributed by atoms with E-state index in [0.717, 1.165) is 22.5 Å². The Labute approximate surface area is 181 Å². The maximum absolute atomic E-state index is 11.1. The van der Waals surface area contributed by atoms with E-state index in [1.54, 1.807) is 6.20 Å². The smallest absolute Gasteiger partial charge is 0.147 e. The Morgan fingerprint density at radius 2 is 1.34 bits per heavy atom. The van der Waals surface area contributed by atoms with Gasteiger partial charge in [0.2, 0.25) is 0 Å². The van der Waals surface area contributed by atoms with E-state index >= 15 is 0 Å². The molecular weight excluding hydrogens is 431 g/mol. The second kappa shape index (κ2) is 8.77. The predicted molar refractivity (Wildman–Crippen MR) is 116 cm³/mol. The van der Waals surface area contributed by atoms with Crippen molar-refractivity contribution in [1.82, 2.24) is 14.3 Å². The van der Waals surface area contributed by atoms with Crippen LogP contribution < -0.4 is 4.90 Å². The van der Waals surface area contributed by atoms with Crippen LogP contribution in [0.25, 0.3) is 22.5 Å². The van der Waals surface area contributed by atoms with Crippen molar-refractivity contribution in [3.05, 3.63) is 64.8 Å². The van der Waals surface area contributed by atoms with Crippen molar-refractivity contribution in [2.45, 2.75) is 0 Å². The summed E-state index contributed by atoms with van der Waals surface area (Å²) >= 11 is 9.89. The van der Waals surface area contributed by atoms with Crippen molar-refractivity contribution in [2.75, 3.05) is 31.1 Å². The Kier molecular flexibility index (Phi) is 6.12. The van der Waals surface area contributed by atoms with Gasteiger partial charge >= 0.3 is 0 Å². The fourth-order valence-electron chi connectivity index (χ4n) is 3.23. The van der Waals surface area contributed by atoms with Crippen LogP contribution >= 0.6 is 23.2 Å². The highest BCUT2D eigenvalue weighted by atomic mass is 35.5. The van der Waals surface area contributed by atoms with Crippen LogP contribution in [0.15, 0.2) is 54.7 Å². The van der Waals surface area contributed by atoms with Gasteiger partial charge in [-0.15, -0.1) is 0 Å². The zero-order valence-electron chi connectivity index (χ0n) is 15.3. The molecule has 1 atom stereocenters. The van der Waals surface area contributed by atoms with Crippen LogP contribution in [-0.4, -0.2) is 49.2 Å². The van der Waals surface area contributed by atoms with Crippen molar-refractivity contribution < 1.29 is 8.76 Å². The number of piperazine rings is 1. The molecule has 1 fully saturated rings. The lowest BCUT2D eigenvalue weighted by atomic mass is 10.0. The summed E-state index contributed by atoms with van der Waals surface area (Å²) in [5, 5.41) is 1.30. The molecule has 0 aliphatic carbocycles. The normalized spacial score (nSPS) is 16.0. The Bertz CT molecular complexity index is 1020. The van der Waals surface area contributed by atoms with Crippen LogP contribution in [0.3, 0.4) is 0 Å². The van der Waals surface area contributed by atoms with Gasteiger partial charge in [-0.1, -0.05) is 47.5 Å². The number of nitrogens with zero attached hydrogens (tertiary/aromatic N) is 4. The first-order chi connectivity index (χ1) is 14.0. The molecule has 2 heterocycles. The highest BCUT2D eigenvalue weighted by Gasteiger charge is 2.21. The molecule has 6 nitrogen and oxygen atoms in total. The molecule has 0 bridgehead atoms. The maximum atomic E-state index is 11.1. The Hall–Kier alpha value is -2.03. The third-order valence-electron chi connectivity index (χ3n) is 4.77. The number of hydrogen-bond acceptors (Lipinski definition) is 5. The lowest BCUT2D eigenvalue weighted by Crippen LogP contribution is -2.47. The van der Waals surface area contributed by atoms with Crippen molar-refractivity contribution in [2.24, 2.45) is 0 Å². The van der Waals surface area contributed by atoms with Gasteiger partial charge in [0.25, 0.3) is 0 Å². The fraction of sp³-hybridized carbons (Fsp3) is 0.200. The molecule has 150 valence electrons. The summed E-state index contributed by atoms with van der Waals surface area (Å²) in [7, 11) is 0. The number of benzene rings is 2. The minimum Gasteiger partial charge on any atom is -0.760 e. The molecule has 1 aliphatic rings. The summed E-state index contributed by atoms with van der Waals surface area (Å²) in [5.41, 5.74) is 3.28. The number of rotatable bonds is 4. The number of anilines is 1. The van der Waals surface area contributed by atoms with Crippen LogP contribution in [-0.2, 0) is 11.3 Å². The third-order valence-corrected chi connectivity index (χ3v) is 6.06. The van der Waals surface area contributed by atoms with Gasteiger partial charge in [-0.05, 0) is 24.3 Å². The monoisotopic (exact) mass is 447 g/mol. The van der Waals surface area contributed by atoms with Crippen molar-refractivity contribution in [1.29, 1.82) is 0 Å². The van der Waals surface area contributed by atoms with E-state index in [9.17, 15) is 8.76 Å². The first-order valence-electron chi connectivity index (χ1n) is 8.99. The van der Waals surface area contributed by atoms with Gasteiger partial charge < -0.3 is 9.45 Å². The molecule has 1 saturated heterocycles. The van der Waals surface area contributed by atoms with Gasteiger partial charge in [0.05, 0.1) is 17.6 Å². The maximum Gasteiger partial charge on any atom is 0.147 e. The Morgan fingerprint density at radius 3 is 1.86 bits per heavy atom. The summed E-state index contributed by atoms with van der Waals surface area (Å²) in [4.78, 5) is 11.6. The molecule has 0 amide bonds. The summed E-state index contributed by atoms with van der Waals surface area (Å²) in [6, 6.07) is 14.9. The molecule has 9 heteroatoms. The second-order valence-corrected chi connectivity index (χ2v) is 8.40. The lowest BCUT2D eigenvalue weighted by Gasteiger charge is -2.35. The second-order valence-electron chi connectivity index (χ2n) is 6.57. The van der Waals surface area contributed by atoms with E-state index in [2.05, 4.69) is 0 Å². The Balaban J connectivity index is 1.72. The number of aromatic nitrogens is 2. The molecule has 3 aromatic rings. The van der Waals surface area contributed by atoms with E-state index in [-0.39, 0.29) is 0 Å². The van der Waals surface area contributed by atoms with E-state index < -0.39 is 11.3 Å². The zero-order valence-corrected chi connectivity index (χ0v) is 17.6. The summed E-state index contributed by atoms with van der Waals surface area (Å²) in [5.74, 6) is 0.712. The fourth-order valence-corrected chi connectivity index (χ4v) is 3.94.